The van der Waals surface area contributed by atoms with Gasteiger partial charge in [-0.15, -0.1) is 0 Å². The number of aryl methyl sites for hydroxylation is 1. The van der Waals surface area contributed by atoms with Crippen molar-refractivity contribution in [2.45, 2.75) is 6.92 Å². The Hall–Kier alpha value is -1.87. The summed E-state index contributed by atoms with van der Waals surface area (Å²) >= 11 is 5.79. The lowest BCUT2D eigenvalue weighted by Gasteiger charge is -2.10. The minimum Gasteiger partial charge on any atom is -0.456 e. The second-order valence-electron chi connectivity index (χ2n) is 3.81. The van der Waals surface area contributed by atoms with Crippen LogP contribution in [0.3, 0.4) is 0 Å². The fraction of sp³-hybridized carbons (Fsp3) is 0.0714. The lowest BCUT2D eigenvalue weighted by atomic mass is 10.2. The molecule has 0 saturated carbocycles. The number of carbonyl (C=O) groups excluding carboxylic acids is 1. The summed E-state index contributed by atoms with van der Waals surface area (Å²) in [6, 6.07) is 8.94. The Morgan fingerprint density at radius 1 is 1.17 bits per heavy atom. The number of aldehydes is 1. The highest BCUT2D eigenvalue weighted by Gasteiger charge is 2.07. The van der Waals surface area contributed by atoms with Crippen molar-refractivity contribution >= 4 is 17.9 Å². The zero-order chi connectivity index (χ0) is 13.1. The van der Waals surface area contributed by atoms with Gasteiger partial charge in [-0.2, -0.15) is 0 Å². The number of carbonyl (C=O) groups is 1. The molecule has 2 aromatic carbocycles. The van der Waals surface area contributed by atoms with E-state index in [4.69, 9.17) is 16.3 Å². The number of rotatable bonds is 3. The van der Waals surface area contributed by atoms with E-state index < -0.39 is 0 Å². The average molecular weight is 265 g/mol. The molecule has 0 amide bonds. The van der Waals surface area contributed by atoms with Crippen LogP contribution in [0.4, 0.5) is 4.39 Å². The molecule has 0 bridgehead atoms. The Kier molecular flexibility index (Phi) is 3.63. The minimum atomic E-state index is -0.327. The molecule has 0 spiro atoms. The summed E-state index contributed by atoms with van der Waals surface area (Å²) in [6.45, 7) is 1.73. The van der Waals surface area contributed by atoms with Crippen LogP contribution in [-0.2, 0) is 0 Å². The zero-order valence-electron chi connectivity index (χ0n) is 9.61. The second-order valence-corrected chi connectivity index (χ2v) is 4.25. The van der Waals surface area contributed by atoms with Crippen LogP contribution in [0.5, 0.6) is 11.5 Å². The molecule has 0 saturated heterocycles. The van der Waals surface area contributed by atoms with Crippen LogP contribution in [0.25, 0.3) is 0 Å². The van der Waals surface area contributed by atoms with E-state index in [-0.39, 0.29) is 5.82 Å². The lowest BCUT2D eigenvalue weighted by molar-refractivity contribution is 0.112. The molecule has 0 aromatic heterocycles. The maximum absolute atomic E-state index is 13.0. The molecule has 2 nitrogen and oxygen atoms in total. The highest BCUT2D eigenvalue weighted by molar-refractivity contribution is 6.30. The summed E-state index contributed by atoms with van der Waals surface area (Å²) in [6.07, 6.45) is 0.667. The monoisotopic (exact) mass is 264 g/mol. The minimum absolute atomic E-state index is 0.327. The van der Waals surface area contributed by atoms with Crippen molar-refractivity contribution < 1.29 is 13.9 Å². The van der Waals surface area contributed by atoms with Crippen LogP contribution < -0.4 is 4.74 Å². The van der Waals surface area contributed by atoms with Gasteiger partial charge in [0, 0.05) is 5.02 Å². The van der Waals surface area contributed by atoms with Gasteiger partial charge in [0.2, 0.25) is 0 Å². The number of benzene rings is 2. The molecular formula is C14H10ClFO2. The van der Waals surface area contributed by atoms with Gasteiger partial charge < -0.3 is 4.74 Å². The number of ether oxygens (including phenoxy) is 1. The standard InChI is InChI=1S/C14H10ClFO2/c1-9-6-12(16)3-5-13(9)18-14-4-2-11(15)7-10(14)8-17/h2-8H,1H3. The van der Waals surface area contributed by atoms with Crippen molar-refractivity contribution in [2.24, 2.45) is 0 Å². The second kappa shape index (κ2) is 5.19. The van der Waals surface area contributed by atoms with E-state index in [2.05, 4.69) is 0 Å². The molecule has 0 fully saturated rings. The van der Waals surface area contributed by atoms with E-state index in [0.717, 1.165) is 0 Å². The van der Waals surface area contributed by atoms with Crippen molar-refractivity contribution in [3.8, 4) is 11.5 Å². The summed E-state index contributed by atoms with van der Waals surface area (Å²) in [7, 11) is 0. The normalized spacial score (nSPS) is 10.2. The van der Waals surface area contributed by atoms with Crippen molar-refractivity contribution in [3.63, 3.8) is 0 Å². The summed E-state index contributed by atoms with van der Waals surface area (Å²) in [5.41, 5.74) is 1.01. The first-order valence-electron chi connectivity index (χ1n) is 5.29. The predicted octanol–water partition coefficient (Wildman–Crippen LogP) is 4.39. The fourth-order valence-electron chi connectivity index (χ4n) is 1.55. The maximum atomic E-state index is 13.0. The Morgan fingerprint density at radius 2 is 1.89 bits per heavy atom. The lowest BCUT2D eigenvalue weighted by Crippen LogP contribution is -1.92. The predicted molar refractivity (Wildman–Crippen MR) is 68.1 cm³/mol. The SMILES string of the molecule is Cc1cc(F)ccc1Oc1ccc(Cl)cc1C=O. The van der Waals surface area contributed by atoms with E-state index in [0.29, 0.717) is 33.9 Å². The molecule has 0 radical (unpaired) electrons. The molecule has 0 atom stereocenters. The zero-order valence-corrected chi connectivity index (χ0v) is 10.4. The highest BCUT2D eigenvalue weighted by Crippen LogP contribution is 2.29. The van der Waals surface area contributed by atoms with Crippen molar-refractivity contribution in [1.29, 1.82) is 0 Å². The van der Waals surface area contributed by atoms with Gasteiger partial charge in [-0.05, 0) is 48.9 Å². The largest absolute Gasteiger partial charge is 0.456 e. The first kappa shape index (κ1) is 12.6. The van der Waals surface area contributed by atoms with E-state index in [1.165, 1.54) is 24.3 Å². The molecular weight excluding hydrogens is 255 g/mol. The van der Waals surface area contributed by atoms with Gasteiger partial charge in [0.05, 0.1) is 5.56 Å². The molecule has 0 N–H and O–H groups in total. The summed E-state index contributed by atoms with van der Waals surface area (Å²) in [5, 5.41) is 0.459. The van der Waals surface area contributed by atoms with Gasteiger partial charge in [-0.1, -0.05) is 11.6 Å². The number of hydrogen-bond acceptors (Lipinski definition) is 2. The third-order valence-corrected chi connectivity index (χ3v) is 2.69. The van der Waals surface area contributed by atoms with Crippen LogP contribution >= 0.6 is 11.6 Å². The third-order valence-electron chi connectivity index (χ3n) is 2.46. The Bertz CT molecular complexity index is 596. The number of halogens is 2. The molecule has 92 valence electrons. The van der Waals surface area contributed by atoms with Gasteiger partial charge >= 0.3 is 0 Å². The molecule has 0 heterocycles. The first-order chi connectivity index (χ1) is 8.60. The van der Waals surface area contributed by atoms with Crippen LogP contribution in [0.15, 0.2) is 36.4 Å². The van der Waals surface area contributed by atoms with Crippen molar-refractivity contribution in [3.05, 3.63) is 58.4 Å². The molecule has 0 aliphatic heterocycles. The van der Waals surface area contributed by atoms with Crippen molar-refractivity contribution in [2.75, 3.05) is 0 Å². The van der Waals surface area contributed by atoms with Gasteiger partial charge in [-0.25, -0.2) is 4.39 Å². The maximum Gasteiger partial charge on any atom is 0.153 e. The van der Waals surface area contributed by atoms with E-state index in [9.17, 15) is 9.18 Å². The van der Waals surface area contributed by atoms with Crippen LogP contribution in [0, 0.1) is 12.7 Å². The first-order valence-corrected chi connectivity index (χ1v) is 5.66. The highest BCUT2D eigenvalue weighted by atomic mass is 35.5. The Labute approximate surface area is 109 Å². The van der Waals surface area contributed by atoms with Gasteiger partial charge in [-0.3, -0.25) is 4.79 Å². The van der Waals surface area contributed by atoms with Crippen LogP contribution in [-0.4, -0.2) is 6.29 Å². The van der Waals surface area contributed by atoms with Gasteiger partial charge in [0.25, 0.3) is 0 Å². The van der Waals surface area contributed by atoms with E-state index in [1.807, 2.05) is 0 Å². The van der Waals surface area contributed by atoms with Gasteiger partial charge in [0.1, 0.15) is 17.3 Å². The Morgan fingerprint density at radius 3 is 2.56 bits per heavy atom. The molecule has 0 unspecified atom stereocenters. The summed E-state index contributed by atoms with van der Waals surface area (Å²) < 4.78 is 18.5. The smallest absolute Gasteiger partial charge is 0.153 e. The molecule has 0 aliphatic carbocycles. The quantitative estimate of drug-likeness (QED) is 0.769. The van der Waals surface area contributed by atoms with Crippen molar-refractivity contribution in [1.82, 2.24) is 0 Å². The van der Waals surface area contributed by atoms with Crippen LogP contribution in [0.1, 0.15) is 15.9 Å². The van der Waals surface area contributed by atoms with Crippen LogP contribution in [0.2, 0.25) is 5.02 Å². The molecule has 4 heteroatoms. The molecule has 18 heavy (non-hydrogen) atoms. The van der Waals surface area contributed by atoms with E-state index in [1.54, 1.807) is 19.1 Å². The molecule has 2 rings (SSSR count). The molecule has 0 aliphatic rings. The topological polar surface area (TPSA) is 26.3 Å². The van der Waals surface area contributed by atoms with Gasteiger partial charge in [0.15, 0.2) is 6.29 Å². The molecule has 2 aromatic rings. The number of hydrogen-bond donors (Lipinski definition) is 0. The third kappa shape index (κ3) is 2.68. The Balaban J connectivity index is 2.36. The summed E-state index contributed by atoms with van der Waals surface area (Å²) in [4.78, 5) is 10.9. The average Bonchev–Trinajstić information content (AvgIpc) is 2.34. The van der Waals surface area contributed by atoms with E-state index >= 15 is 0 Å². The fourth-order valence-corrected chi connectivity index (χ4v) is 1.73. The summed E-state index contributed by atoms with van der Waals surface area (Å²) in [5.74, 6) is 0.567.